The first-order valence-electron chi connectivity index (χ1n) is 15.4. The molecule has 0 saturated carbocycles. The van der Waals surface area contributed by atoms with Crippen LogP contribution >= 0.6 is 11.3 Å². The smallest absolute Gasteiger partial charge is 0.367 e. The van der Waals surface area contributed by atoms with Gasteiger partial charge in [-0.15, -0.1) is 11.3 Å². The highest BCUT2D eigenvalue weighted by Crippen LogP contribution is 2.34. The largest absolute Gasteiger partial charge is 0.393 e. The van der Waals surface area contributed by atoms with Gasteiger partial charge in [0.05, 0.1) is 11.8 Å². The summed E-state index contributed by atoms with van der Waals surface area (Å²) in [6, 6.07) is 10.4. The Morgan fingerprint density at radius 1 is 1.02 bits per heavy atom. The van der Waals surface area contributed by atoms with E-state index in [1.54, 1.807) is 17.9 Å². The highest BCUT2D eigenvalue weighted by molar-refractivity contribution is 7.18. The van der Waals surface area contributed by atoms with Gasteiger partial charge in [0.25, 0.3) is 0 Å². The Kier molecular flexibility index (Phi) is 8.99. The second-order valence-corrected chi connectivity index (χ2v) is 13.2. The Morgan fingerprint density at radius 3 is 2.47 bits per heavy atom. The van der Waals surface area contributed by atoms with Crippen molar-refractivity contribution in [3.8, 4) is 6.07 Å². The molecule has 3 aromatic heterocycles. The number of aromatic nitrogens is 3. The Morgan fingerprint density at radius 2 is 1.78 bits per heavy atom. The van der Waals surface area contributed by atoms with E-state index in [4.69, 9.17) is 0 Å². The van der Waals surface area contributed by atoms with Gasteiger partial charge in [0.2, 0.25) is 6.41 Å². The molecule has 2 saturated heterocycles. The van der Waals surface area contributed by atoms with E-state index >= 15 is 0 Å². The number of benzene rings is 1. The van der Waals surface area contributed by atoms with Crippen molar-refractivity contribution >= 4 is 44.7 Å². The van der Waals surface area contributed by atoms with Gasteiger partial charge in [0.1, 0.15) is 28.2 Å². The van der Waals surface area contributed by atoms with Gasteiger partial charge in [-0.25, -0.2) is 9.97 Å². The van der Waals surface area contributed by atoms with E-state index in [1.807, 2.05) is 6.07 Å². The topological polar surface area (TPSA) is 93.3 Å². The maximum absolute atomic E-state index is 13.0. The molecular weight excluding hydrogens is 601 g/mol. The van der Waals surface area contributed by atoms with Crippen LogP contribution in [0.2, 0.25) is 0 Å². The van der Waals surface area contributed by atoms with Crippen LogP contribution in [0, 0.1) is 25.2 Å². The van der Waals surface area contributed by atoms with E-state index in [-0.39, 0.29) is 10.9 Å². The SMILES string of the molecule is Cc1nc(NC2CCN(Cc3ccc4c(cc(C#N)n4CCN4CCN(C=O)CC4)c3C)CC2)c2cc(CC(F)(F)F)sc2n1. The third-order valence-corrected chi connectivity index (χ3v) is 10.1. The summed E-state index contributed by atoms with van der Waals surface area (Å²) in [6.45, 7) is 11.2. The molecular formula is C32H37F3N8OS. The molecule has 5 heterocycles. The Bertz CT molecular complexity index is 1730. The lowest BCUT2D eigenvalue weighted by molar-refractivity contribution is -0.126. The predicted molar refractivity (Wildman–Crippen MR) is 169 cm³/mol. The Hall–Kier alpha value is -3.73. The van der Waals surface area contributed by atoms with Crippen LogP contribution in [0.3, 0.4) is 0 Å². The standard InChI is InChI=1S/C32H37F3N8OS/c1-21-23(3-4-29-27(21)15-25(18-36)43(29)14-13-40-9-11-42(20-44)12-10-40)19-41-7-5-24(6-8-41)39-30-28-16-26(17-32(33,34)35)45-31(28)38-22(2)37-30/h3-4,15-16,20,24H,5-14,17,19H2,1-2H3,(H,37,38,39). The minimum atomic E-state index is -4.26. The Balaban J connectivity index is 1.09. The first-order valence-corrected chi connectivity index (χ1v) is 16.2. The summed E-state index contributed by atoms with van der Waals surface area (Å²) in [5.74, 6) is 1.16. The number of amides is 1. The van der Waals surface area contributed by atoms with Gasteiger partial charge in [-0.2, -0.15) is 18.4 Å². The molecule has 6 rings (SSSR count). The fourth-order valence-corrected chi connectivity index (χ4v) is 7.61. The predicted octanol–water partition coefficient (Wildman–Crippen LogP) is 5.09. The number of fused-ring (bicyclic) bond motifs is 2. The molecule has 1 amide bonds. The molecule has 9 nitrogen and oxygen atoms in total. The summed E-state index contributed by atoms with van der Waals surface area (Å²) in [5.41, 5.74) is 4.16. The molecule has 2 fully saturated rings. The number of aryl methyl sites for hydroxylation is 2. The van der Waals surface area contributed by atoms with E-state index in [2.05, 4.69) is 54.8 Å². The van der Waals surface area contributed by atoms with Gasteiger partial charge in [-0.1, -0.05) is 6.07 Å². The van der Waals surface area contributed by atoms with Gasteiger partial charge in [0.15, 0.2) is 0 Å². The van der Waals surface area contributed by atoms with E-state index in [0.29, 0.717) is 27.6 Å². The molecule has 45 heavy (non-hydrogen) atoms. The number of hydrogen-bond acceptors (Lipinski definition) is 8. The van der Waals surface area contributed by atoms with Gasteiger partial charge in [0, 0.05) is 80.7 Å². The lowest BCUT2D eigenvalue weighted by Gasteiger charge is -2.33. The summed E-state index contributed by atoms with van der Waals surface area (Å²) in [4.78, 5) is 27.3. The van der Waals surface area contributed by atoms with Crippen LogP contribution in [0.5, 0.6) is 0 Å². The van der Waals surface area contributed by atoms with Crippen LogP contribution in [0.15, 0.2) is 24.3 Å². The van der Waals surface area contributed by atoms with E-state index < -0.39 is 12.6 Å². The number of carbonyl (C=O) groups excluding carboxylic acids is 1. The third kappa shape index (κ3) is 7.08. The number of nitriles is 1. The molecule has 1 N–H and O–H groups in total. The zero-order valence-electron chi connectivity index (χ0n) is 25.5. The van der Waals surface area contributed by atoms with Crippen molar-refractivity contribution in [3.05, 3.63) is 51.8 Å². The van der Waals surface area contributed by atoms with Gasteiger partial charge >= 0.3 is 6.18 Å². The number of rotatable bonds is 9. The number of hydrogen-bond donors (Lipinski definition) is 1. The molecule has 0 spiro atoms. The van der Waals surface area contributed by atoms with Gasteiger partial charge < -0.3 is 14.8 Å². The number of carbonyl (C=O) groups is 1. The maximum Gasteiger partial charge on any atom is 0.393 e. The molecule has 2 aliphatic heterocycles. The number of anilines is 1. The average molecular weight is 639 g/mol. The number of piperidine rings is 1. The summed E-state index contributed by atoms with van der Waals surface area (Å²) in [7, 11) is 0. The first kappa shape index (κ1) is 31.3. The quantitative estimate of drug-likeness (QED) is 0.256. The fraction of sp³-hybridized carbons (Fsp3) is 0.500. The van der Waals surface area contributed by atoms with E-state index in [9.17, 15) is 23.2 Å². The third-order valence-electron chi connectivity index (χ3n) is 9.03. The number of halogens is 3. The van der Waals surface area contributed by atoms with Crippen molar-refractivity contribution in [2.45, 2.75) is 58.4 Å². The molecule has 13 heteroatoms. The molecule has 2 aliphatic rings. The van der Waals surface area contributed by atoms with Crippen LogP contribution in [-0.4, -0.2) is 93.7 Å². The molecule has 0 unspecified atom stereocenters. The first-order chi connectivity index (χ1) is 21.6. The molecule has 0 radical (unpaired) electrons. The van der Waals surface area contributed by atoms with Crippen molar-refractivity contribution in [2.75, 3.05) is 51.1 Å². The molecule has 238 valence electrons. The van der Waals surface area contributed by atoms with Crippen LogP contribution in [0.4, 0.5) is 19.0 Å². The van der Waals surface area contributed by atoms with Crippen LogP contribution in [0.25, 0.3) is 21.1 Å². The summed E-state index contributed by atoms with van der Waals surface area (Å²) >= 11 is 1.08. The van der Waals surface area contributed by atoms with Crippen molar-refractivity contribution in [1.82, 2.24) is 29.2 Å². The minimum absolute atomic E-state index is 0.168. The summed E-state index contributed by atoms with van der Waals surface area (Å²) in [5, 5.41) is 15.2. The van der Waals surface area contributed by atoms with Crippen molar-refractivity contribution in [1.29, 1.82) is 5.26 Å². The fourth-order valence-electron chi connectivity index (χ4n) is 6.50. The molecule has 4 aromatic rings. The van der Waals surface area contributed by atoms with E-state index in [0.717, 1.165) is 100 Å². The highest BCUT2D eigenvalue weighted by atomic mass is 32.1. The van der Waals surface area contributed by atoms with E-state index in [1.165, 1.54) is 11.1 Å². The van der Waals surface area contributed by atoms with Crippen LogP contribution < -0.4 is 5.32 Å². The van der Waals surface area contributed by atoms with Crippen molar-refractivity contribution in [3.63, 3.8) is 0 Å². The lowest BCUT2D eigenvalue weighted by atomic mass is 10.0. The van der Waals surface area contributed by atoms with Gasteiger partial charge in [-0.3, -0.25) is 14.6 Å². The number of likely N-dealkylation sites (tertiary alicyclic amines) is 1. The van der Waals surface area contributed by atoms with Crippen molar-refractivity contribution in [2.24, 2.45) is 0 Å². The average Bonchev–Trinajstić information content (AvgIpc) is 3.58. The van der Waals surface area contributed by atoms with Crippen LogP contribution in [-0.2, 0) is 24.3 Å². The minimum Gasteiger partial charge on any atom is -0.367 e. The second kappa shape index (κ2) is 12.9. The number of alkyl halides is 3. The molecule has 0 bridgehead atoms. The second-order valence-electron chi connectivity index (χ2n) is 12.1. The number of thiophene rings is 1. The summed E-state index contributed by atoms with van der Waals surface area (Å²) < 4.78 is 41.1. The normalized spacial score (nSPS) is 17.3. The monoisotopic (exact) mass is 638 g/mol. The maximum atomic E-state index is 13.0. The lowest BCUT2D eigenvalue weighted by Crippen LogP contribution is -2.46. The zero-order chi connectivity index (χ0) is 31.7. The zero-order valence-corrected chi connectivity index (χ0v) is 26.3. The molecule has 0 atom stereocenters. The van der Waals surface area contributed by atoms with Crippen molar-refractivity contribution < 1.29 is 18.0 Å². The highest BCUT2D eigenvalue weighted by Gasteiger charge is 2.29. The summed E-state index contributed by atoms with van der Waals surface area (Å²) in [6.07, 6.45) is -2.53. The van der Waals surface area contributed by atoms with Gasteiger partial charge in [-0.05, 0) is 56.0 Å². The number of piperazine rings is 1. The number of nitrogens with one attached hydrogen (secondary N) is 1. The molecule has 1 aromatic carbocycles. The number of nitrogens with zero attached hydrogens (tertiary/aromatic N) is 7. The molecule has 0 aliphatic carbocycles. The van der Waals surface area contributed by atoms with Crippen LogP contribution in [0.1, 0.15) is 40.4 Å². The Labute approximate surface area is 264 Å².